The minimum atomic E-state index is -0.418. The molecule has 30 heavy (non-hydrogen) atoms. The van der Waals surface area contributed by atoms with Gasteiger partial charge in [0, 0.05) is 54.0 Å². The van der Waals surface area contributed by atoms with E-state index < -0.39 is 4.92 Å². The van der Waals surface area contributed by atoms with Crippen molar-refractivity contribution in [2.75, 3.05) is 5.75 Å². The van der Waals surface area contributed by atoms with E-state index in [1.165, 1.54) is 30.8 Å². The Kier molecular flexibility index (Phi) is 7.25. The first-order valence-corrected chi connectivity index (χ1v) is 11.7. The number of benzene rings is 1. The zero-order chi connectivity index (χ0) is 21.8. The van der Waals surface area contributed by atoms with Gasteiger partial charge in [-0.15, -0.1) is 0 Å². The van der Waals surface area contributed by atoms with Crippen LogP contribution in [0.5, 0.6) is 0 Å². The van der Waals surface area contributed by atoms with Crippen LogP contribution in [0.15, 0.2) is 46.5 Å². The molecule has 2 amide bonds. The molecule has 9 heteroatoms. The normalized spacial score (nSPS) is 21.6. The summed E-state index contributed by atoms with van der Waals surface area (Å²) in [4.78, 5) is 37.5. The Morgan fingerprint density at radius 1 is 1.40 bits per heavy atom. The minimum Gasteiger partial charge on any atom is -0.332 e. The van der Waals surface area contributed by atoms with E-state index in [2.05, 4.69) is 19.2 Å². The van der Waals surface area contributed by atoms with Crippen molar-refractivity contribution in [2.45, 2.75) is 44.9 Å². The Morgan fingerprint density at radius 3 is 2.70 bits per heavy atom. The highest BCUT2D eigenvalue weighted by atomic mass is 32.2. The Hall–Kier alpha value is -2.26. The van der Waals surface area contributed by atoms with Crippen LogP contribution in [0.4, 0.5) is 5.69 Å². The summed E-state index contributed by atoms with van der Waals surface area (Å²) in [6.45, 7) is 5.67. The summed E-state index contributed by atoms with van der Waals surface area (Å²) < 4.78 is 0. The average molecular weight is 448 g/mol. The third kappa shape index (κ3) is 4.73. The summed E-state index contributed by atoms with van der Waals surface area (Å²) in [6, 6.07) is 6.63. The molecule has 0 unspecified atom stereocenters. The van der Waals surface area contributed by atoms with Crippen LogP contribution in [0.25, 0.3) is 0 Å². The molecule has 0 bridgehead atoms. The van der Waals surface area contributed by atoms with E-state index in [1.54, 1.807) is 30.1 Å². The van der Waals surface area contributed by atoms with Crippen LogP contribution in [-0.4, -0.2) is 38.7 Å². The average Bonchev–Trinajstić information content (AvgIpc) is 2.98. The monoisotopic (exact) mass is 447 g/mol. The lowest BCUT2D eigenvalue weighted by molar-refractivity contribution is -0.384. The zero-order valence-electron chi connectivity index (χ0n) is 17.2. The molecule has 2 aliphatic heterocycles. The quantitative estimate of drug-likeness (QED) is 0.349. The number of carbonyl (C=O) groups excluding carboxylic acids is 2. The van der Waals surface area contributed by atoms with Gasteiger partial charge in [-0.3, -0.25) is 19.7 Å². The Labute approximate surface area is 184 Å². The maximum Gasteiger partial charge on any atom is 0.269 e. The first-order chi connectivity index (χ1) is 14.3. The summed E-state index contributed by atoms with van der Waals surface area (Å²) >= 11 is 3.32. The standard InChI is InChI=1S/C21H25N3O4S2/c1-4-29-13(2)20-18-12-19(30-10-9-22-14(3)25)17(23(18)21(20)26)11-15-5-7-16(8-6-15)24(27)28/h5-10,13,18,20H,4,11-12H2,1-3H3,(H,22,25)/b10-9+/t13-,18+,20+/m0/s1. The maximum atomic E-state index is 13.0. The number of thioether (sulfide) groups is 2. The molecule has 1 fully saturated rings. The van der Waals surface area contributed by atoms with E-state index in [4.69, 9.17) is 0 Å². The van der Waals surface area contributed by atoms with Gasteiger partial charge in [-0.2, -0.15) is 11.8 Å². The molecule has 0 radical (unpaired) electrons. The number of fused-ring (bicyclic) bond motifs is 1. The van der Waals surface area contributed by atoms with Gasteiger partial charge < -0.3 is 10.2 Å². The SMILES string of the molecule is CCS[C@@H](C)[C@H]1C(=O)N2C(Cc3ccc([N+](=O)[O-])cc3)=C(S/C=C/NC(C)=O)C[C@H]12. The van der Waals surface area contributed by atoms with E-state index in [9.17, 15) is 19.7 Å². The molecule has 7 nitrogen and oxygen atoms in total. The lowest BCUT2D eigenvalue weighted by Gasteiger charge is -2.46. The number of hydrogen-bond donors (Lipinski definition) is 1. The van der Waals surface area contributed by atoms with Gasteiger partial charge in [0.2, 0.25) is 11.8 Å². The number of rotatable bonds is 9. The van der Waals surface area contributed by atoms with Crippen molar-refractivity contribution in [3.63, 3.8) is 0 Å². The molecule has 0 saturated carbocycles. The van der Waals surface area contributed by atoms with Crippen molar-refractivity contribution in [3.05, 3.63) is 62.2 Å². The van der Waals surface area contributed by atoms with Crippen LogP contribution in [0.1, 0.15) is 32.8 Å². The Balaban J connectivity index is 1.81. The van der Waals surface area contributed by atoms with Crippen molar-refractivity contribution in [1.29, 1.82) is 0 Å². The van der Waals surface area contributed by atoms with Crippen LogP contribution in [0, 0.1) is 16.0 Å². The molecule has 1 N–H and O–H groups in total. The van der Waals surface area contributed by atoms with Gasteiger partial charge in [0.15, 0.2) is 0 Å². The second-order valence-electron chi connectivity index (χ2n) is 7.26. The van der Waals surface area contributed by atoms with Crippen molar-refractivity contribution >= 4 is 41.0 Å². The number of amides is 2. The number of nitro benzene ring substituents is 1. The second-order valence-corrected chi connectivity index (χ2v) is 9.91. The van der Waals surface area contributed by atoms with Crippen molar-refractivity contribution < 1.29 is 14.5 Å². The fraction of sp³-hybridized carbons (Fsp3) is 0.429. The molecule has 1 saturated heterocycles. The summed E-state index contributed by atoms with van der Waals surface area (Å²) in [6.07, 6.45) is 2.94. The molecular weight excluding hydrogens is 422 g/mol. The summed E-state index contributed by atoms with van der Waals surface area (Å²) in [5.41, 5.74) is 1.93. The number of β-lactam (4-membered cyclic amide) rings is 1. The largest absolute Gasteiger partial charge is 0.332 e. The lowest BCUT2D eigenvalue weighted by atomic mass is 9.85. The van der Waals surface area contributed by atoms with Crippen LogP contribution in [0.2, 0.25) is 0 Å². The van der Waals surface area contributed by atoms with Gasteiger partial charge in [-0.05, 0) is 16.7 Å². The summed E-state index contributed by atoms with van der Waals surface area (Å²) in [5.74, 6) is 1.01. The smallest absolute Gasteiger partial charge is 0.269 e. The fourth-order valence-corrected chi connectivity index (χ4v) is 5.84. The van der Waals surface area contributed by atoms with Gasteiger partial charge in [0.1, 0.15) is 0 Å². The van der Waals surface area contributed by atoms with E-state index in [1.807, 2.05) is 10.3 Å². The number of nitrogens with zero attached hydrogens (tertiary/aromatic N) is 2. The summed E-state index contributed by atoms with van der Waals surface area (Å²) in [5, 5.41) is 15.6. The van der Waals surface area contributed by atoms with Crippen LogP contribution < -0.4 is 5.32 Å². The molecule has 0 aliphatic carbocycles. The summed E-state index contributed by atoms with van der Waals surface area (Å²) in [7, 11) is 0. The van der Waals surface area contributed by atoms with Gasteiger partial charge in [0.05, 0.1) is 16.9 Å². The highest BCUT2D eigenvalue weighted by molar-refractivity contribution is 8.05. The van der Waals surface area contributed by atoms with E-state index >= 15 is 0 Å². The lowest BCUT2D eigenvalue weighted by Crippen LogP contribution is -2.60. The number of allylic oxidation sites excluding steroid dienone is 1. The van der Waals surface area contributed by atoms with Gasteiger partial charge in [-0.1, -0.05) is 37.7 Å². The van der Waals surface area contributed by atoms with Crippen LogP contribution >= 0.6 is 23.5 Å². The molecular formula is C21H25N3O4S2. The van der Waals surface area contributed by atoms with Crippen LogP contribution in [0.3, 0.4) is 0 Å². The fourth-order valence-electron chi connectivity index (χ4n) is 3.94. The number of non-ortho nitro benzene ring substituents is 1. The van der Waals surface area contributed by atoms with Gasteiger partial charge >= 0.3 is 0 Å². The molecule has 0 aromatic heterocycles. The molecule has 3 rings (SSSR count). The minimum absolute atomic E-state index is 0.0132. The predicted molar refractivity (Wildman–Crippen MR) is 121 cm³/mol. The number of carbonyl (C=O) groups is 2. The van der Waals surface area contributed by atoms with Crippen molar-refractivity contribution in [1.82, 2.24) is 10.2 Å². The van der Waals surface area contributed by atoms with Gasteiger partial charge in [0.25, 0.3) is 5.69 Å². The zero-order valence-corrected chi connectivity index (χ0v) is 18.8. The van der Waals surface area contributed by atoms with Crippen molar-refractivity contribution in [2.24, 2.45) is 5.92 Å². The second kappa shape index (κ2) is 9.70. The number of nitrogens with one attached hydrogen (secondary N) is 1. The number of nitro groups is 1. The molecule has 2 heterocycles. The third-order valence-corrected chi connectivity index (χ3v) is 7.41. The maximum absolute atomic E-state index is 13.0. The van der Waals surface area contributed by atoms with Crippen molar-refractivity contribution in [3.8, 4) is 0 Å². The van der Waals surface area contributed by atoms with Crippen LogP contribution in [-0.2, 0) is 16.0 Å². The Bertz CT molecular complexity index is 898. The topological polar surface area (TPSA) is 92.6 Å². The molecule has 2 aliphatic rings. The molecule has 3 atom stereocenters. The highest BCUT2D eigenvalue weighted by Gasteiger charge is 2.54. The highest BCUT2D eigenvalue weighted by Crippen LogP contribution is 2.49. The first kappa shape index (κ1) is 22.4. The predicted octanol–water partition coefficient (Wildman–Crippen LogP) is 4.06. The third-order valence-electron chi connectivity index (χ3n) is 5.29. The molecule has 1 aromatic rings. The van der Waals surface area contributed by atoms with Gasteiger partial charge in [-0.25, -0.2) is 0 Å². The Morgan fingerprint density at radius 2 is 2.10 bits per heavy atom. The molecule has 1 aromatic carbocycles. The number of hydrogen-bond acceptors (Lipinski definition) is 6. The van der Waals surface area contributed by atoms with E-state index in [0.717, 1.165) is 28.3 Å². The van der Waals surface area contributed by atoms with E-state index in [-0.39, 0.29) is 34.7 Å². The molecule has 160 valence electrons. The first-order valence-electron chi connectivity index (χ1n) is 9.82. The van der Waals surface area contributed by atoms with E-state index in [0.29, 0.717) is 6.42 Å². The molecule has 0 spiro atoms.